The number of carbonyl (C=O) groups is 2. The predicted molar refractivity (Wildman–Crippen MR) is 108 cm³/mol. The highest BCUT2D eigenvalue weighted by Gasteiger charge is 2.18. The van der Waals surface area contributed by atoms with Crippen LogP contribution in [0.1, 0.15) is 16.8 Å². The molecule has 0 spiro atoms. The van der Waals surface area contributed by atoms with Crippen LogP contribution in [0, 0.1) is 0 Å². The number of primary amides is 1. The molecule has 0 saturated heterocycles. The van der Waals surface area contributed by atoms with E-state index in [2.05, 4.69) is 41.8 Å². The number of amides is 1. The molecule has 0 aliphatic heterocycles. The lowest BCUT2D eigenvalue weighted by molar-refractivity contribution is -0.134. The average Bonchev–Trinajstić information content (AvgIpc) is 3.07. The number of para-hydroxylation sites is 1. The van der Waals surface area contributed by atoms with Gasteiger partial charge in [0.1, 0.15) is 11.3 Å². The number of carbonyl (C=O) groups excluding carboxylic acids is 2. The fourth-order valence-electron chi connectivity index (χ4n) is 2.57. The summed E-state index contributed by atoms with van der Waals surface area (Å²) >= 11 is 6.62. The summed E-state index contributed by atoms with van der Waals surface area (Å²) in [4.78, 5) is 31.1. The molecule has 7 nitrogen and oxygen atoms in total. The number of benzene rings is 2. The van der Waals surface area contributed by atoms with Gasteiger partial charge in [0, 0.05) is 10.9 Å². The van der Waals surface area contributed by atoms with Crippen molar-refractivity contribution in [1.82, 2.24) is 9.97 Å². The number of esters is 1. The normalized spacial score (nSPS) is 10.8. The van der Waals surface area contributed by atoms with E-state index >= 15 is 0 Å². The fraction of sp³-hybridized carbons (Fsp3) is 0.167. The quantitative estimate of drug-likeness (QED) is 0.306. The Kier molecular flexibility index (Phi) is 5.81. The van der Waals surface area contributed by atoms with Crippen molar-refractivity contribution in [3.63, 3.8) is 0 Å². The molecule has 9 heteroatoms. The molecule has 1 aromatic heterocycles. The molecule has 0 bridgehead atoms. The van der Waals surface area contributed by atoms with Gasteiger partial charge >= 0.3 is 5.97 Å². The van der Waals surface area contributed by atoms with Crippen molar-refractivity contribution in [3.05, 3.63) is 40.4 Å². The number of alkyl halides is 1. The second-order valence-corrected chi connectivity index (χ2v) is 7.20. The summed E-state index contributed by atoms with van der Waals surface area (Å²) < 4.78 is 11.3. The molecule has 2 aromatic carbocycles. The van der Waals surface area contributed by atoms with Crippen LogP contribution in [-0.4, -0.2) is 34.3 Å². The summed E-state index contributed by atoms with van der Waals surface area (Å²) in [6.07, 6.45) is 0.233. The van der Waals surface area contributed by atoms with Crippen molar-refractivity contribution in [2.75, 3.05) is 12.4 Å². The van der Waals surface area contributed by atoms with E-state index < -0.39 is 5.91 Å². The number of imidazole rings is 1. The van der Waals surface area contributed by atoms with Gasteiger partial charge in [0.25, 0.3) is 5.91 Å². The number of hydrogen-bond acceptors (Lipinski definition) is 5. The van der Waals surface area contributed by atoms with Crippen LogP contribution in [0.15, 0.2) is 34.8 Å². The maximum Gasteiger partial charge on any atom is 0.312 e. The molecule has 0 saturated carbocycles. The highest BCUT2D eigenvalue weighted by atomic mass is 79.9. The third kappa shape index (κ3) is 3.98. The van der Waals surface area contributed by atoms with Crippen molar-refractivity contribution in [1.29, 1.82) is 0 Å². The van der Waals surface area contributed by atoms with Gasteiger partial charge in [0.15, 0.2) is 11.5 Å². The Morgan fingerprint density at radius 1 is 1.30 bits per heavy atom. The van der Waals surface area contributed by atoms with Gasteiger partial charge < -0.3 is 20.2 Å². The van der Waals surface area contributed by atoms with Gasteiger partial charge in [-0.2, -0.15) is 0 Å². The SMILES string of the molecule is COc1cc(-c2nc3c(C(N)=O)cccc3[nH]2)cc(Br)c1OC(=O)CCBr. The largest absolute Gasteiger partial charge is 0.493 e. The second-order valence-electron chi connectivity index (χ2n) is 5.55. The third-order valence-corrected chi connectivity index (χ3v) is 4.78. The van der Waals surface area contributed by atoms with Gasteiger partial charge in [-0.15, -0.1) is 0 Å². The van der Waals surface area contributed by atoms with Crippen LogP contribution >= 0.6 is 31.9 Å². The Morgan fingerprint density at radius 2 is 2.07 bits per heavy atom. The van der Waals surface area contributed by atoms with Crippen molar-refractivity contribution < 1.29 is 19.1 Å². The monoisotopic (exact) mass is 495 g/mol. The number of aromatic amines is 1. The average molecular weight is 497 g/mol. The van der Waals surface area contributed by atoms with Crippen molar-refractivity contribution in [2.45, 2.75) is 6.42 Å². The van der Waals surface area contributed by atoms with Crippen molar-refractivity contribution in [2.24, 2.45) is 5.73 Å². The maximum atomic E-state index is 11.8. The molecule has 1 amide bonds. The number of H-pyrrole nitrogens is 1. The number of nitrogens with one attached hydrogen (secondary N) is 1. The molecule has 140 valence electrons. The Bertz CT molecular complexity index is 1030. The van der Waals surface area contributed by atoms with Crippen LogP contribution in [0.25, 0.3) is 22.4 Å². The lowest BCUT2D eigenvalue weighted by Crippen LogP contribution is -2.11. The minimum absolute atomic E-state index is 0.233. The van der Waals surface area contributed by atoms with E-state index in [9.17, 15) is 9.59 Å². The third-order valence-electron chi connectivity index (χ3n) is 3.80. The van der Waals surface area contributed by atoms with Gasteiger partial charge in [0.2, 0.25) is 0 Å². The van der Waals surface area contributed by atoms with Crippen LogP contribution in [0.3, 0.4) is 0 Å². The van der Waals surface area contributed by atoms with Crippen molar-refractivity contribution >= 4 is 54.8 Å². The molecule has 3 rings (SSSR count). The van der Waals surface area contributed by atoms with Crippen LogP contribution in [0.5, 0.6) is 11.5 Å². The molecule has 3 aromatic rings. The molecular weight excluding hydrogens is 482 g/mol. The first-order chi connectivity index (χ1) is 12.9. The summed E-state index contributed by atoms with van der Waals surface area (Å²) in [5.74, 6) is 0.259. The minimum Gasteiger partial charge on any atom is -0.493 e. The standard InChI is InChI=1S/C18H15Br2N3O4/c1-26-13-8-9(7-11(20)16(13)27-14(24)5-6-19)18-22-12-4-2-3-10(17(21)25)15(12)23-18/h2-4,7-8H,5-6H2,1H3,(H2,21,25)(H,22,23). The lowest BCUT2D eigenvalue weighted by Gasteiger charge is -2.12. The van der Waals surface area contributed by atoms with E-state index in [0.717, 1.165) is 0 Å². The fourth-order valence-corrected chi connectivity index (χ4v) is 3.41. The molecular formula is C18H15Br2N3O4. The number of hydrogen-bond donors (Lipinski definition) is 2. The summed E-state index contributed by atoms with van der Waals surface area (Å²) in [5, 5.41) is 0.505. The number of ether oxygens (including phenoxy) is 2. The molecule has 0 aliphatic rings. The number of nitrogens with two attached hydrogens (primary N) is 1. The summed E-state index contributed by atoms with van der Waals surface area (Å²) in [7, 11) is 1.48. The van der Waals surface area contributed by atoms with Crippen LogP contribution in [-0.2, 0) is 4.79 Å². The predicted octanol–water partition coefficient (Wildman–Crippen LogP) is 3.79. The van der Waals surface area contributed by atoms with Crippen LogP contribution in [0.2, 0.25) is 0 Å². The van der Waals surface area contributed by atoms with Gasteiger partial charge in [-0.3, -0.25) is 9.59 Å². The number of nitrogens with zero attached hydrogens (tertiary/aromatic N) is 1. The Balaban J connectivity index is 2.06. The van der Waals surface area contributed by atoms with E-state index in [0.29, 0.717) is 49.3 Å². The topological polar surface area (TPSA) is 107 Å². The highest BCUT2D eigenvalue weighted by molar-refractivity contribution is 9.10. The number of aromatic nitrogens is 2. The Hall–Kier alpha value is -2.39. The number of halogens is 2. The zero-order chi connectivity index (χ0) is 19.6. The smallest absolute Gasteiger partial charge is 0.312 e. The Morgan fingerprint density at radius 3 is 2.74 bits per heavy atom. The lowest BCUT2D eigenvalue weighted by atomic mass is 10.2. The maximum absolute atomic E-state index is 11.8. The molecule has 27 heavy (non-hydrogen) atoms. The first-order valence-corrected chi connectivity index (χ1v) is 9.79. The zero-order valence-electron chi connectivity index (χ0n) is 14.2. The van der Waals surface area contributed by atoms with Crippen molar-refractivity contribution in [3.8, 4) is 22.9 Å². The first kappa shape index (κ1) is 19.4. The first-order valence-electron chi connectivity index (χ1n) is 7.87. The summed E-state index contributed by atoms with van der Waals surface area (Å²) in [5.41, 5.74) is 7.61. The molecule has 0 unspecified atom stereocenters. The van der Waals surface area contributed by atoms with E-state index in [1.54, 1.807) is 30.3 Å². The van der Waals surface area contributed by atoms with Gasteiger partial charge in [0.05, 0.1) is 29.1 Å². The molecule has 0 aliphatic carbocycles. The van der Waals surface area contributed by atoms with E-state index in [1.807, 2.05) is 0 Å². The van der Waals surface area contributed by atoms with Crippen LogP contribution in [0.4, 0.5) is 0 Å². The second kappa shape index (κ2) is 8.10. The van der Waals surface area contributed by atoms with Crippen LogP contribution < -0.4 is 15.2 Å². The molecule has 1 heterocycles. The van der Waals surface area contributed by atoms with E-state index in [4.69, 9.17) is 15.2 Å². The summed E-state index contributed by atoms with van der Waals surface area (Å²) in [6, 6.07) is 8.61. The minimum atomic E-state index is -0.550. The number of fused-ring (bicyclic) bond motifs is 1. The molecule has 0 fully saturated rings. The Labute approximate surface area is 171 Å². The molecule has 3 N–H and O–H groups in total. The highest BCUT2D eigenvalue weighted by Crippen LogP contribution is 2.39. The van der Waals surface area contributed by atoms with Gasteiger partial charge in [-0.05, 0) is 40.2 Å². The van der Waals surface area contributed by atoms with E-state index in [-0.39, 0.29) is 12.4 Å². The van der Waals surface area contributed by atoms with E-state index in [1.165, 1.54) is 7.11 Å². The van der Waals surface area contributed by atoms with Gasteiger partial charge in [-0.25, -0.2) is 4.98 Å². The summed E-state index contributed by atoms with van der Waals surface area (Å²) in [6.45, 7) is 0. The molecule has 0 atom stereocenters. The number of methoxy groups -OCH3 is 1. The zero-order valence-corrected chi connectivity index (χ0v) is 17.4. The number of rotatable bonds is 6. The molecule has 0 radical (unpaired) electrons. The van der Waals surface area contributed by atoms with Gasteiger partial charge in [-0.1, -0.05) is 22.0 Å².